The van der Waals surface area contributed by atoms with Crippen molar-refractivity contribution in [2.45, 2.75) is 18.9 Å². The number of hydrogen-bond acceptors (Lipinski definition) is 5. The summed E-state index contributed by atoms with van der Waals surface area (Å²) in [5.74, 6) is 1.81. The summed E-state index contributed by atoms with van der Waals surface area (Å²) in [4.78, 5) is 17.7. The first kappa shape index (κ1) is 15.7. The predicted octanol–water partition coefficient (Wildman–Crippen LogP) is 3.50. The van der Waals surface area contributed by atoms with Gasteiger partial charge in [-0.2, -0.15) is 0 Å². The van der Waals surface area contributed by atoms with Crippen molar-refractivity contribution in [3.05, 3.63) is 39.7 Å². The predicted molar refractivity (Wildman–Crippen MR) is 95.3 cm³/mol. The molecule has 1 saturated heterocycles. The van der Waals surface area contributed by atoms with Crippen LogP contribution in [-0.2, 0) is 0 Å². The zero-order chi connectivity index (χ0) is 15.5. The Morgan fingerprint density at radius 3 is 2.45 bits per heavy atom. The molecule has 3 rings (SSSR count). The highest BCUT2D eigenvalue weighted by Crippen LogP contribution is 2.27. The Bertz CT molecular complexity index is 626. The van der Waals surface area contributed by atoms with Gasteiger partial charge in [-0.25, -0.2) is 15.0 Å². The molecule has 5 nitrogen and oxygen atoms in total. The van der Waals surface area contributed by atoms with Crippen LogP contribution in [-0.4, -0.2) is 41.1 Å². The lowest BCUT2D eigenvalue weighted by molar-refractivity contribution is 0.475. The summed E-state index contributed by atoms with van der Waals surface area (Å²) in [7, 11) is 2.07. The van der Waals surface area contributed by atoms with Crippen molar-refractivity contribution in [1.82, 2.24) is 15.0 Å². The van der Waals surface area contributed by atoms with E-state index in [0.717, 1.165) is 46.6 Å². The fourth-order valence-electron chi connectivity index (χ4n) is 2.73. The second kappa shape index (κ2) is 6.91. The molecule has 2 aromatic heterocycles. The van der Waals surface area contributed by atoms with Crippen LogP contribution in [0.5, 0.6) is 0 Å². The van der Waals surface area contributed by atoms with Gasteiger partial charge in [0.1, 0.15) is 5.82 Å². The molecule has 22 heavy (non-hydrogen) atoms. The molecule has 0 bridgehead atoms. The van der Waals surface area contributed by atoms with Gasteiger partial charge in [0.05, 0.1) is 8.95 Å². The highest BCUT2D eigenvalue weighted by Gasteiger charge is 2.25. The van der Waals surface area contributed by atoms with E-state index in [-0.39, 0.29) is 0 Å². The fourth-order valence-corrected chi connectivity index (χ4v) is 3.44. The van der Waals surface area contributed by atoms with Crippen molar-refractivity contribution in [1.29, 1.82) is 0 Å². The molecule has 0 spiro atoms. The minimum atomic E-state index is 0.458. The molecule has 0 atom stereocenters. The number of aromatic nitrogens is 3. The first-order valence-electron chi connectivity index (χ1n) is 7.21. The van der Waals surface area contributed by atoms with Crippen LogP contribution in [0.15, 0.2) is 39.7 Å². The third kappa shape index (κ3) is 3.41. The van der Waals surface area contributed by atoms with E-state index in [1.165, 1.54) is 0 Å². The van der Waals surface area contributed by atoms with Crippen molar-refractivity contribution in [2.24, 2.45) is 0 Å². The quantitative estimate of drug-likeness (QED) is 0.751. The molecule has 0 N–H and O–H groups in total. The van der Waals surface area contributed by atoms with Gasteiger partial charge in [0, 0.05) is 44.8 Å². The molecule has 1 aliphatic heterocycles. The average molecular weight is 427 g/mol. The lowest BCUT2D eigenvalue weighted by atomic mass is 10.0. The maximum atomic E-state index is 4.48. The Balaban J connectivity index is 1.64. The van der Waals surface area contributed by atoms with E-state index in [4.69, 9.17) is 0 Å². The van der Waals surface area contributed by atoms with Crippen molar-refractivity contribution in [3.63, 3.8) is 0 Å². The molecule has 3 heterocycles. The third-order valence-electron chi connectivity index (χ3n) is 3.97. The normalized spacial score (nSPS) is 15.9. The summed E-state index contributed by atoms with van der Waals surface area (Å²) < 4.78 is 1.96. The monoisotopic (exact) mass is 425 g/mol. The first-order valence-corrected chi connectivity index (χ1v) is 8.79. The Morgan fingerprint density at radius 2 is 1.82 bits per heavy atom. The van der Waals surface area contributed by atoms with Crippen LogP contribution in [0, 0.1) is 0 Å². The Labute approximate surface area is 147 Å². The molecule has 0 unspecified atom stereocenters. The molecule has 0 saturated carbocycles. The maximum absolute atomic E-state index is 4.48. The number of nitrogens with zero attached hydrogens (tertiary/aromatic N) is 5. The number of hydrogen-bond donors (Lipinski definition) is 0. The summed E-state index contributed by atoms with van der Waals surface area (Å²) in [5, 5.41) is 0. The standard InChI is InChI=1S/C15H17Br2N5/c1-21(15-19-9-11(16)10-20-15)12-4-7-22(8-5-12)14-13(17)3-2-6-18-14/h2-3,6,9-10,12H,4-5,7-8H2,1H3. The van der Waals surface area contributed by atoms with E-state index in [0.29, 0.717) is 6.04 Å². The second-order valence-electron chi connectivity index (χ2n) is 5.34. The van der Waals surface area contributed by atoms with Crippen LogP contribution in [0.1, 0.15) is 12.8 Å². The summed E-state index contributed by atoms with van der Waals surface area (Å²) in [6.07, 6.45) is 7.56. The number of halogens is 2. The minimum Gasteiger partial charge on any atom is -0.356 e. The van der Waals surface area contributed by atoms with Gasteiger partial charge in [0.15, 0.2) is 0 Å². The molecule has 1 aliphatic rings. The molecular formula is C15H17Br2N5. The largest absolute Gasteiger partial charge is 0.356 e. The molecule has 0 amide bonds. The second-order valence-corrected chi connectivity index (χ2v) is 7.11. The smallest absolute Gasteiger partial charge is 0.225 e. The van der Waals surface area contributed by atoms with E-state index >= 15 is 0 Å². The van der Waals surface area contributed by atoms with Gasteiger partial charge in [-0.1, -0.05) is 0 Å². The summed E-state index contributed by atoms with van der Waals surface area (Å²) in [6, 6.07) is 4.44. The van der Waals surface area contributed by atoms with Gasteiger partial charge in [0.2, 0.25) is 5.95 Å². The molecule has 0 aromatic carbocycles. The summed E-state index contributed by atoms with van der Waals surface area (Å²) in [6.45, 7) is 1.97. The fraction of sp³-hybridized carbons (Fsp3) is 0.400. The summed E-state index contributed by atoms with van der Waals surface area (Å²) >= 11 is 6.95. The SMILES string of the molecule is CN(c1ncc(Br)cn1)C1CCN(c2ncccc2Br)CC1. The molecule has 0 aliphatic carbocycles. The van der Waals surface area contributed by atoms with Crippen molar-refractivity contribution in [2.75, 3.05) is 29.9 Å². The van der Waals surface area contributed by atoms with E-state index in [1.54, 1.807) is 12.4 Å². The first-order chi connectivity index (χ1) is 10.6. The lowest BCUT2D eigenvalue weighted by Gasteiger charge is -2.37. The molecular weight excluding hydrogens is 410 g/mol. The summed E-state index contributed by atoms with van der Waals surface area (Å²) in [5.41, 5.74) is 0. The maximum Gasteiger partial charge on any atom is 0.225 e. The van der Waals surface area contributed by atoms with E-state index < -0.39 is 0 Å². The number of rotatable bonds is 3. The molecule has 1 fully saturated rings. The number of anilines is 2. The Morgan fingerprint density at radius 1 is 1.14 bits per heavy atom. The Hall–Kier alpha value is -1.21. The van der Waals surface area contributed by atoms with Crippen LogP contribution in [0.2, 0.25) is 0 Å². The molecule has 7 heteroatoms. The number of pyridine rings is 1. The van der Waals surface area contributed by atoms with Crippen LogP contribution >= 0.6 is 31.9 Å². The average Bonchev–Trinajstić information content (AvgIpc) is 2.56. The van der Waals surface area contributed by atoms with Crippen molar-refractivity contribution < 1.29 is 0 Å². The van der Waals surface area contributed by atoms with Crippen LogP contribution < -0.4 is 9.80 Å². The van der Waals surface area contributed by atoms with Gasteiger partial charge in [-0.15, -0.1) is 0 Å². The third-order valence-corrected chi connectivity index (χ3v) is 5.00. The van der Waals surface area contributed by atoms with Crippen molar-refractivity contribution in [3.8, 4) is 0 Å². The van der Waals surface area contributed by atoms with Crippen LogP contribution in [0.3, 0.4) is 0 Å². The molecule has 0 radical (unpaired) electrons. The van der Waals surface area contributed by atoms with Crippen LogP contribution in [0.25, 0.3) is 0 Å². The topological polar surface area (TPSA) is 45.2 Å². The molecule has 116 valence electrons. The lowest BCUT2D eigenvalue weighted by Crippen LogP contribution is -2.44. The van der Waals surface area contributed by atoms with Gasteiger partial charge in [-0.05, 0) is 56.8 Å². The Kier molecular flexibility index (Phi) is 4.93. The van der Waals surface area contributed by atoms with E-state index in [1.807, 2.05) is 18.3 Å². The van der Waals surface area contributed by atoms with E-state index in [9.17, 15) is 0 Å². The van der Waals surface area contributed by atoms with Crippen molar-refractivity contribution >= 4 is 43.6 Å². The van der Waals surface area contributed by atoms with Gasteiger partial charge < -0.3 is 9.80 Å². The number of piperidine rings is 1. The van der Waals surface area contributed by atoms with Gasteiger partial charge >= 0.3 is 0 Å². The van der Waals surface area contributed by atoms with Gasteiger partial charge in [0.25, 0.3) is 0 Å². The molecule has 2 aromatic rings. The highest BCUT2D eigenvalue weighted by atomic mass is 79.9. The van der Waals surface area contributed by atoms with E-state index in [2.05, 4.69) is 63.7 Å². The highest BCUT2D eigenvalue weighted by molar-refractivity contribution is 9.10. The zero-order valence-electron chi connectivity index (χ0n) is 12.3. The van der Waals surface area contributed by atoms with Gasteiger partial charge in [-0.3, -0.25) is 0 Å². The zero-order valence-corrected chi connectivity index (χ0v) is 15.5. The minimum absolute atomic E-state index is 0.458. The van der Waals surface area contributed by atoms with Crippen LogP contribution in [0.4, 0.5) is 11.8 Å².